The van der Waals surface area contributed by atoms with E-state index in [0.29, 0.717) is 5.82 Å². The third-order valence-electron chi connectivity index (χ3n) is 4.12. The van der Waals surface area contributed by atoms with Crippen molar-refractivity contribution in [1.29, 1.82) is 0 Å². The summed E-state index contributed by atoms with van der Waals surface area (Å²) >= 11 is 0. The molecular formula is C19H23N5O. The van der Waals surface area contributed by atoms with Gasteiger partial charge in [-0.05, 0) is 17.7 Å². The summed E-state index contributed by atoms with van der Waals surface area (Å²) in [6, 6.07) is 14.0. The fourth-order valence-corrected chi connectivity index (χ4v) is 2.80. The van der Waals surface area contributed by atoms with E-state index in [-0.39, 0.29) is 5.91 Å². The lowest BCUT2D eigenvalue weighted by Crippen LogP contribution is -2.46. The summed E-state index contributed by atoms with van der Waals surface area (Å²) in [5.41, 5.74) is 1.23. The minimum absolute atomic E-state index is 0.140. The number of nitrogens with one attached hydrogen (secondary N) is 1. The van der Waals surface area contributed by atoms with Crippen molar-refractivity contribution in [3.05, 3.63) is 54.1 Å². The molecule has 6 nitrogen and oxygen atoms in total. The van der Waals surface area contributed by atoms with Gasteiger partial charge in [0.05, 0.1) is 0 Å². The van der Waals surface area contributed by atoms with Gasteiger partial charge in [0, 0.05) is 39.6 Å². The zero-order valence-corrected chi connectivity index (χ0v) is 14.4. The highest BCUT2D eigenvalue weighted by atomic mass is 16.1. The fourth-order valence-electron chi connectivity index (χ4n) is 2.80. The molecule has 2 heterocycles. The molecule has 1 aliphatic rings. The molecule has 0 unspecified atom stereocenters. The predicted octanol–water partition coefficient (Wildman–Crippen LogP) is 2.27. The number of nitrogens with zero attached hydrogens (tertiary/aromatic N) is 4. The van der Waals surface area contributed by atoms with E-state index in [0.717, 1.165) is 38.5 Å². The summed E-state index contributed by atoms with van der Waals surface area (Å²) in [5.74, 6) is 1.20. The van der Waals surface area contributed by atoms with Crippen molar-refractivity contribution < 1.29 is 4.79 Å². The Balaban J connectivity index is 1.47. The predicted molar refractivity (Wildman–Crippen MR) is 100 cm³/mol. The van der Waals surface area contributed by atoms with E-state index in [1.165, 1.54) is 12.5 Å². The number of hydrogen-bond acceptors (Lipinski definition) is 5. The largest absolute Gasteiger partial charge is 0.353 e. The highest BCUT2D eigenvalue weighted by molar-refractivity contribution is 5.87. The highest BCUT2D eigenvalue weighted by Crippen LogP contribution is 2.14. The van der Waals surface area contributed by atoms with Gasteiger partial charge in [-0.25, -0.2) is 0 Å². The average molecular weight is 337 g/mol. The van der Waals surface area contributed by atoms with E-state index >= 15 is 0 Å². The first-order valence-corrected chi connectivity index (χ1v) is 8.51. The molecule has 0 atom stereocenters. The summed E-state index contributed by atoms with van der Waals surface area (Å²) in [6.45, 7) is 6.25. The van der Waals surface area contributed by atoms with Crippen LogP contribution in [0.3, 0.4) is 0 Å². The second-order valence-electron chi connectivity index (χ2n) is 6.06. The number of rotatable bonds is 5. The van der Waals surface area contributed by atoms with Crippen LogP contribution in [0, 0.1) is 0 Å². The van der Waals surface area contributed by atoms with Gasteiger partial charge >= 0.3 is 0 Å². The number of anilines is 2. The second-order valence-corrected chi connectivity index (χ2v) is 6.06. The molecule has 1 N–H and O–H groups in total. The van der Waals surface area contributed by atoms with Gasteiger partial charge in [0.1, 0.15) is 0 Å². The van der Waals surface area contributed by atoms with Crippen molar-refractivity contribution >= 4 is 23.6 Å². The van der Waals surface area contributed by atoms with Gasteiger partial charge in [-0.1, -0.05) is 42.5 Å². The number of carbonyl (C=O) groups is 1. The molecule has 1 aliphatic heterocycles. The summed E-state index contributed by atoms with van der Waals surface area (Å²) in [4.78, 5) is 15.7. The third-order valence-corrected chi connectivity index (χ3v) is 4.12. The van der Waals surface area contributed by atoms with Gasteiger partial charge in [0.25, 0.3) is 0 Å². The van der Waals surface area contributed by atoms with E-state index in [4.69, 9.17) is 0 Å². The summed E-state index contributed by atoms with van der Waals surface area (Å²) in [7, 11) is 0. The SMILES string of the molecule is CC(=O)Nc1ccc(N2CCN(C/C=C/c3ccccc3)CC2)nn1. The molecule has 130 valence electrons. The lowest BCUT2D eigenvalue weighted by atomic mass is 10.2. The first-order valence-electron chi connectivity index (χ1n) is 8.51. The van der Waals surface area contributed by atoms with E-state index in [9.17, 15) is 4.79 Å². The van der Waals surface area contributed by atoms with Crippen molar-refractivity contribution in [1.82, 2.24) is 15.1 Å². The van der Waals surface area contributed by atoms with Crippen LogP contribution in [0.2, 0.25) is 0 Å². The van der Waals surface area contributed by atoms with Crippen molar-refractivity contribution in [2.24, 2.45) is 0 Å². The first kappa shape index (κ1) is 17.1. The van der Waals surface area contributed by atoms with E-state index in [1.807, 2.05) is 12.1 Å². The third kappa shape index (κ3) is 5.12. The van der Waals surface area contributed by atoms with Crippen LogP contribution in [0.25, 0.3) is 6.08 Å². The Kier molecular flexibility index (Phi) is 5.74. The maximum absolute atomic E-state index is 11.0. The van der Waals surface area contributed by atoms with Gasteiger partial charge in [-0.15, -0.1) is 10.2 Å². The Morgan fingerprint density at radius 3 is 2.48 bits per heavy atom. The van der Waals surface area contributed by atoms with Gasteiger partial charge in [-0.2, -0.15) is 0 Å². The quantitative estimate of drug-likeness (QED) is 0.907. The first-order chi connectivity index (χ1) is 12.2. The molecule has 1 aromatic heterocycles. The monoisotopic (exact) mass is 337 g/mol. The highest BCUT2D eigenvalue weighted by Gasteiger charge is 2.17. The Bertz CT molecular complexity index is 706. The molecule has 1 fully saturated rings. The van der Waals surface area contributed by atoms with E-state index < -0.39 is 0 Å². The molecule has 6 heteroatoms. The minimum Gasteiger partial charge on any atom is -0.353 e. The Labute approximate surface area is 148 Å². The van der Waals surface area contributed by atoms with Crippen LogP contribution < -0.4 is 10.2 Å². The van der Waals surface area contributed by atoms with Crippen molar-refractivity contribution in [3.63, 3.8) is 0 Å². The van der Waals surface area contributed by atoms with Crippen LogP contribution in [0.5, 0.6) is 0 Å². The molecule has 1 aromatic carbocycles. The number of benzene rings is 1. The van der Waals surface area contributed by atoms with Crippen molar-refractivity contribution in [3.8, 4) is 0 Å². The zero-order chi connectivity index (χ0) is 17.5. The summed E-state index contributed by atoms with van der Waals surface area (Å²) in [5, 5.41) is 10.9. The van der Waals surface area contributed by atoms with Crippen LogP contribution in [0.4, 0.5) is 11.6 Å². The Morgan fingerprint density at radius 1 is 1.08 bits per heavy atom. The standard InChI is InChI=1S/C19H23N5O/c1-16(25)20-18-9-10-19(22-21-18)24-14-12-23(13-15-24)11-5-8-17-6-3-2-4-7-17/h2-10H,11-15H2,1H3,(H,20,21,25)/b8-5+. The topological polar surface area (TPSA) is 61.4 Å². The molecule has 25 heavy (non-hydrogen) atoms. The molecule has 2 aromatic rings. The summed E-state index contributed by atoms with van der Waals surface area (Å²) in [6.07, 6.45) is 4.38. The maximum atomic E-state index is 11.0. The zero-order valence-electron chi connectivity index (χ0n) is 14.4. The smallest absolute Gasteiger partial charge is 0.222 e. The Hall–Kier alpha value is -2.73. The lowest BCUT2D eigenvalue weighted by molar-refractivity contribution is -0.114. The second kappa shape index (κ2) is 8.39. The van der Waals surface area contributed by atoms with E-state index in [1.54, 1.807) is 6.07 Å². The molecule has 0 aliphatic carbocycles. The maximum Gasteiger partial charge on any atom is 0.222 e. The van der Waals surface area contributed by atoms with E-state index in [2.05, 4.69) is 61.7 Å². The molecule has 3 rings (SSSR count). The van der Waals surface area contributed by atoms with Crippen molar-refractivity contribution in [2.45, 2.75) is 6.92 Å². The normalized spacial score (nSPS) is 15.5. The molecule has 0 spiro atoms. The van der Waals surface area contributed by atoms with Gasteiger partial charge in [0.2, 0.25) is 5.91 Å². The number of amides is 1. The number of carbonyl (C=O) groups excluding carboxylic acids is 1. The van der Waals surface area contributed by atoms with Gasteiger partial charge in [0.15, 0.2) is 11.6 Å². The van der Waals surface area contributed by atoms with Crippen LogP contribution in [-0.4, -0.2) is 53.7 Å². The minimum atomic E-state index is -0.140. The molecule has 0 saturated carbocycles. The van der Waals surface area contributed by atoms with Crippen LogP contribution in [-0.2, 0) is 4.79 Å². The molecule has 0 radical (unpaired) electrons. The van der Waals surface area contributed by atoms with Gasteiger partial charge in [-0.3, -0.25) is 9.69 Å². The molecule has 1 saturated heterocycles. The van der Waals surface area contributed by atoms with Crippen molar-refractivity contribution in [2.75, 3.05) is 42.9 Å². The molecule has 1 amide bonds. The van der Waals surface area contributed by atoms with Gasteiger partial charge < -0.3 is 10.2 Å². The van der Waals surface area contributed by atoms with Crippen LogP contribution >= 0.6 is 0 Å². The summed E-state index contributed by atoms with van der Waals surface area (Å²) < 4.78 is 0. The number of hydrogen-bond donors (Lipinski definition) is 1. The number of piperazine rings is 1. The Morgan fingerprint density at radius 2 is 1.84 bits per heavy atom. The lowest BCUT2D eigenvalue weighted by Gasteiger charge is -2.34. The molecular weight excluding hydrogens is 314 g/mol. The van der Waals surface area contributed by atoms with Crippen LogP contribution in [0.15, 0.2) is 48.5 Å². The fraction of sp³-hybridized carbons (Fsp3) is 0.316. The number of aromatic nitrogens is 2. The van der Waals surface area contributed by atoms with Crippen LogP contribution in [0.1, 0.15) is 12.5 Å². The average Bonchev–Trinajstić information content (AvgIpc) is 2.63. The molecule has 0 bridgehead atoms.